The van der Waals surface area contributed by atoms with Gasteiger partial charge in [-0.2, -0.15) is 5.10 Å². The van der Waals surface area contributed by atoms with E-state index >= 15 is 0 Å². The van der Waals surface area contributed by atoms with Crippen molar-refractivity contribution in [2.24, 2.45) is 0 Å². The minimum absolute atomic E-state index is 0.149. The highest BCUT2D eigenvalue weighted by atomic mass is 35.5. The quantitative estimate of drug-likeness (QED) is 0.573. The zero-order valence-corrected chi connectivity index (χ0v) is 14.9. The van der Waals surface area contributed by atoms with Crippen molar-refractivity contribution in [2.45, 2.75) is 6.54 Å². The summed E-state index contributed by atoms with van der Waals surface area (Å²) >= 11 is 12.0. The van der Waals surface area contributed by atoms with Gasteiger partial charge in [-0.15, -0.1) is 0 Å². The van der Waals surface area contributed by atoms with E-state index in [-0.39, 0.29) is 12.5 Å². The maximum absolute atomic E-state index is 12.3. The van der Waals surface area contributed by atoms with Crippen molar-refractivity contribution in [1.82, 2.24) is 19.3 Å². The van der Waals surface area contributed by atoms with Crippen LogP contribution in [-0.4, -0.2) is 25.2 Å². The zero-order valence-electron chi connectivity index (χ0n) is 13.4. The molecule has 2 heterocycles. The van der Waals surface area contributed by atoms with Gasteiger partial charge in [0.25, 0.3) is 0 Å². The molecule has 0 radical (unpaired) electrons. The van der Waals surface area contributed by atoms with E-state index in [0.29, 0.717) is 21.6 Å². The largest absolute Gasteiger partial charge is 0.321 e. The highest BCUT2D eigenvalue weighted by Gasteiger charge is 2.10. The molecule has 1 N–H and O–H groups in total. The average Bonchev–Trinajstić information content (AvgIpc) is 3.22. The predicted octanol–water partition coefficient (Wildman–Crippen LogP) is 4.17. The number of aromatic nitrogens is 4. The molecule has 130 valence electrons. The lowest BCUT2D eigenvalue weighted by atomic mass is 10.3. The Bertz CT molecular complexity index is 1080. The molecule has 0 aliphatic carbocycles. The van der Waals surface area contributed by atoms with Crippen LogP contribution in [0.25, 0.3) is 16.7 Å². The number of nitrogens with one attached hydrogen (secondary N) is 1. The number of hydrogen-bond donors (Lipinski definition) is 1. The number of nitrogens with zero attached hydrogens (tertiary/aromatic N) is 4. The summed E-state index contributed by atoms with van der Waals surface area (Å²) in [5, 5.41) is 8.14. The Kier molecular flexibility index (Phi) is 4.36. The SMILES string of the molecule is O=C(Cn1cnc2ccccc21)Nc1ccn(-c2cc(Cl)cc(Cl)c2)n1. The predicted molar refractivity (Wildman–Crippen MR) is 102 cm³/mol. The van der Waals surface area contributed by atoms with Crippen molar-refractivity contribution in [1.29, 1.82) is 0 Å². The molecule has 6 nitrogen and oxygen atoms in total. The molecule has 1 amide bonds. The lowest BCUT2D eigenvalue weighted by Crippen LogP contribution is -2.18. The van der Waals surface area contributed by atoms with Crippen LogP contribution < -0.4 is 5.32 Å². The van der Waals surface area contributed by atoms with Gasteiger partial charge >= 0.3 is 0 Å². The van der Waals surface area contributed by atoms with E-state index in [1.54, 1.807) is 46.0 Å². The second-order valence-electron chi connectivity index (χ2n) is 5.68. The second kappa shape index (κ2) is 6.82. The number of imidazole rings is 1. The van der Waals surface area contributed by atoms with Crippen molar-refractivity contribution >= 4 is 46.0 Å². The standard InChI is InChI=1S/C18H13Cl2N5O/c19-12-7-13(20)9-14(8-12)25-6-5-17(23-25)22-18(26)10-24-11-21-15-3-1-2-4-16(15)24/h1-9,11H,10H2,(H,22,23,26). The minimum Gasteiger partial charge on any atom is -0.321 e. The lowest BCUT2D eigenvalue weighted by molar-refractivity contribution is -0.116. The Morgan fingerprint density at radius 2 is 1.85 bits per heavy atom. The monoisotopic (exact) mass is 385 g/mol. The fourth-order valence-electron chi connectivity index (χ4n) is 2.68. The Balaban J connectivity index is 1.49. The van der Waals surface area contributed by atoms with Crippen LogP contribution in [0.1, 0.15) is 0 Å². The van der Waals surface area contributed by atoms with E-state index in [9.17, 15) is 4.79 Å². The van der Waals surface area contributed by atoms with Gasteiger partial charge in [-0.25, -0.2) is 9.67 Å². The minimum atomic E-state index is -0.192. The summed E-state index contributed by atoms with van der Waals surface area (Å²) in [6.07, 6.45) is 3.38. The summed E-state index contributed by atoms with van der Waals surface area (Å²) < 4.78 is 3.39. The molecule has 0 spiro atoms. The molecule has 0 bridgehead atoms. The lowest BCUT2D eigenvalue weighted by Gasteiger charge is -2.05. The molecule has 0 atom stereocenters. The van der Waals surface area contributed by atoms with Crippen LogP contribution in [0.2, 0.25) is 10.0 Å². The molecular formula is C18H13Cl2N5O. The molecule has 0 aliphatic rings. The molecule has 0 unspecified atom stereocenters. The molecule has 8 heteroatoms. The van der Waals surface area contributed by atoms with Gasteiger partial charge in [0.15, 0.2) is 5.82 Å². The highest BCUT2D eigenvalue weighted by Crippen LogP contribution is 2.22. The van der Waals surface area contributed by atoms with E-state index in [0.717, 1.165) is 11.0 Å². The maximum atomic E-state index is 12.3. The third-order valence-corrected chi connectivity index (χ3v) is 4.25. The number of rotatable bonds is 4. The van der Waals surface area contributed by atoms with Gasteiger partial charge < -0.3 is 9.88 Å². The molecule has 4 aromatic rings. The first-order chi connectivity index (χ1) is 12.6. The smallest absolute Gasteiger partial charge is 0.245 e. The number of para-hydroxylation sites is 2. The summed E-state index contributed by atoms with van der Waals surface area (Å²) in [7, 11) is 0. The summed E-state index contributed by atoms with van der Waals surface area (Å²) in [4.78, 5) is 16.6. The number of benzene rings is 2. The highest BCUT2D eigenvalue weighted by molar-refractivity contribution is 6.34. The number of hydrogen-bond acceptors (Lipinski definition) is 3. The van der Waals surface area contributed by atoms with Crippen molar-refractivity contribution in [3.05, 3.63) is 71.1 Å². The first kappa shape index (κ1) is 16.6. The normalized spacial score (nSPS) is 11.0. The van der Waals surface area contributed by atoms with Crippen LogP contribution in [0.3, 0.4) is 0 Å². The molecule has 2 aromatic carbocycles. The van der Waals surface area contributed by atoms with Gasteiger partial charge in [0.1, 0.15) is 6.54 Å². The topological polar surface area (TPSA) is 64.7 Å². The van der Waals surface area contributed by atoms with Crippen molar-refractivity contribution in [3.63, 3.8) is 0 Å². The van der Waals surface area contributed by atoms with E-state index in [4.69, 9.17) is 23.2 Å². The maximum Gasteiger partial charge on any atom is 0.245 e. The van der Waals surface area contributed by atoms with Crippen LogP contribution in [0, 0.1) is 0 Å². The van der Waals surface area contributed by atoms with E-state index in [1.807, 2.05) is 24.3 Å². The molecular weight excluding hydrogens is 373 g/mol. The molecule has 0 aliphatic heterocycles. The summed E-state index contributed by atoms with van der Waals surface area (Å²) in [6, 6.07) is 14.5. The van der Waals surface area contributed by atoms with Crippen LogP contribution in [0.4, 0.5) is 5.82 Å². The molecule has 26 heavy (non-hydrogen) atoms. The Morgan fingerprint density at radius 3 is 2.65 bits per heavy atom. The fraction of sp³-hybridized carbons (Fsp3) is 0.0556. The number of fused-ring (bicyclic) bond motifs is 1. The zero-order chi connectivity index (χ0) is 18.1. The third-order valence-electron chi connectivity index (χ3n) is 3.81. The Labute approximate surface area is 159 Å². The molecule has 0 saturated carbocycles. The second-order valence-corrected chi connectivity index (χ2v) is 6.56. The number of halogens is 2. The van der Waals surface area contributed by atoms with E-state index < -0.39 is 0 Å². The van der Waals surface area contributed by atoms with Crippen LogP contribution in [0.15, 0.2) is 61.1 Å². The number of anilines is 1. The Hall–Kier alpha value is -2.83. The van der Waals surface area contributed by atoms with Crippen molar-refractivity contribution < 1.29 is 4.79 Å². The van der Waals surface area contributed by atoms with Gasteiger partial charge in [-0.05, 0) is 30.3 Å². The number of carbonyl (C=O) groups excluding carboxylic acids is 1. The number of carbonyl (C=O) groups is 1. The van der Waals surface area contributed by atoms with E-state index in [2.05, 4.69) is 15.4 Å². The molecule has 2 aromatic heterocycles. The summed E-state index contributed by atoms with van der Waals surface area (Å²) in [6.45, 7) is 0.149. The average molecular weight is 386 g/mol. The van der Waals surface area contributed by atoms with Gasteiger partial charge in [-0.3, -0.25) is 4.79 Å². The van der Waals surface area contributed by atoms with Gasteiger partial charge in [-0.1, -0.05) is 35.3 Å². The van der Waals surface area contributed by atoms with Crippen LogP contribution in [0.5, 0.6) is 0 Å². The van der Waals surface area contributed by atoms with Crippen LogP contribution >= 0.6 is 23.2 Å². The van der Waals surface area contributed by atoms with Gasteiger partial charge in [0, 0.05) is 22.3 Å². The van der Waals surface area contributed by atoms with Gasteiger partial charge in [0.05, 0.1) is 23.0 Å². The third kappa shape index (κ3) is 3.42. The summed E-state index contributed by atoms with van der Waals surface area (Å²) in [5.74, 6) is 0.248. The first-order valence-corrected chi connectivity index (χ1v) is 8.56. The Morgan fingerprint density at radius 1 is 1.08 bits per heavy atom. The molecule has 0 saturated heterocycles. The number of amides is 1. The van der Waals surface area contributed by atoms with Gasteiger partial charge in [0.2, 0.25) is 5.91 Å². The molecule has 0 fully saturated rings. The van der Waals surface area contributed by atoms with Crippen LogP contribution in [-0.2, 0) is 11.3 Å². The van der Waals surface area contributed by atoms with E-state index in [1.165, 1.54) is 0 Å². The fourth-order valence-corrected chi connectivity index (χ4v) is 3.19. The van der Waals surface area contributed by atoms with Crippen molar-refractivity contribution in [3.8, 4) is 5.69 Å². The van der Waals surface area contributed by atoms with Crippen molar-refractivity contribution in [2.75, 3.05) is 5.32 Å². The molecule has 4 rings (SSSR count). The first-order valence-electron chi connectivity index (χ1n) is 7.80. The summed E-state index contributed by atoms with van der Waals surface area (Å²) in [5.41, 5.74) is 2.47.